The van der Waals surface area contributed by atoms with Gasteiger partial charge in [-0.15, -0.1) is 0 Å². The lowest BCUT2D eigenvalue weighted by atomic mass is 10.2. The molecule has 0 saturated heterocycles. The molecule has 3 rings (SSSR count). The molecule has 1 heterocycles. The standard InChI is InChI=1S/C17H13NO4S/c1-10(19)21-12-8-6-11(7-9-12)16-18-15-13(17(23)22-16)4-3-5-14(15)20-2/h3-9H,1-2H3. The van der Waals surface area contributed by atoms with Crippen molar-refractivity contribution >= 4 is 29.1 Å². The normalized spacial score (nSPS) is 10.5. The minimum atomic E-state index is -0.371. The van der Waals surface area contributed by atoms with E-state index in [1.165, 1.54) is 6.92 Å². The molecular weight excluding hydrogens is 314 g/mol. The lowest BCUT2D eigenvalue weighted by molar-refractivity contribution is -0.131. The van der Waals surface area contributed by atoms with Gasteiger partial charge in [0.15, 0.2) is 0 Å². The molecule has 5 nitrogen and oxygen atoms in total. The first-order chi connectivity index (χ1) is 11.1. The summed E-state index contributed by atoms with van der Waals surface area (Å²) in [7, 11) is 1.58. The maximum atomic E-state index is 10.9. The van der Waals surface area contributed by atoms with Gasteiger partial charge in [-0.05, 0) is 48.6 Å². The number of hydrogen-bond donors (Lipinski definition) is 0. The molecular formula is C17H13NO4S. The summed E-state index contributed by atoms with van der Waals surface area (Å²) >= 11 is 5.30. The number of hydrogen-bond acceptors (Lipinski definition) is 6. The summed E-state index contributed by atoms with van der Waals surface area (Å²) in [5.41, 5.74) is 1.37. The number of nitrogens with zero attached hydrogens (tertiary/aromatic N) is 1. The molecule has 0 atom stereocenters. The quantitative estimate of drug-likeness (QED) is 0.409. The summed E-state index contributed by atoms with van der Waals surface area (Å²) < 4.78 is 16.3. The highest BCUT2D eigenvalue weighted by molar-refractivity contribution is 7.71. The van der Waals surface area contributed by atoms with Gasteiger partial charge in [0.1, 0.15) is 17.0 Å². The van der Waals surface area contributed by atoms with Crippen LogP contribution in [0.3, 0.4) is 0 Å². The van der Waals surface area contributed by atoms with Crippen molar-refractivity contribution in [1.82, 2.24) is 4.98 Å². The van der Waals surface area contributed by atoms with Crippen LogP contribution in [0.1, 0.15) is 6.92 Å². The summed E-state index contributed by atoms with van der Waals surface area (Å²) in [6, 6.07) is 12.3. The molecule has 0 aliphatic rings. The van der Waals surface area contributed by atoms with Gasteiger partial charge in [0.2, 0.25) is 10.6 Å². The van der Waals surface area contributed by atoms with Crippen molar-refractivity contribution in [3.8, 4) is 23.0 Å². The molecule has 23 heavy (non-hydrogen) atoms. The Morgan fingerprint density at radius 1 is 1.17 bits per heavy atom. The predicted octanol–water partition coefficient (Wildman–Crippen LogP) is 4.16. The van der Waals surface area contributed by atoms with Gasteiger partial charge in [-0.1, -0.05) is 6.07 Å². The molecule has 116 valence electrons. The van der Waals surface area contributed by atoms with Gasteiger partial charge in [0.05, 0.1) is 12.5 Å². The molecule has 0 N–H and O–H groups in total. The third-order valence-corrected chi connectivity index (χ3v) is 3.51. The van der Waals surface area contributed by atoms with E-state index in [0.29, 0.717) is 27.6 Å². The fourth-order valence-electron chi connectivity index (χ4n) is 2.19. The number of benzene rings is 2. The van der Waals surface area contributed by atoms with E-state index in [9.17, 15) is 4.79 Å². The van der Waals surface area contributed by atoms with Gasteiger partial charge in [-0.3, -0.25) is 4.79 Å². The van der Waals surface area contributed by atoms with Crippen molar-refractivity contribution in [2.45, 2.75) is 6.92 Å². The molecule has 0 aliphatic heterocycles. The van der Waals surface area contributed by atoms with Gasteiger partial charge >= 0.3 is 5.97 Å². The maximum absolute atomic E-state index is 10.9. The van der Waals surface area contributed by atoms with Crippen LogP contribution in [0.4, 0.5) is 0 Å². The number of carbonyl (C=O) groups excluding carboxylic acids is 1. The van der Waals surface area contributed by atoms with Crippen LogP contribution in [-0.2, 0) is 4.79 Å². The lowest BCUT2D eigenvalue weighted by Crippen LogP contribution is -2.00. The second kappa shape index (κ2) is 6.18. The predicted molar refractivity (Wildman–Crippen MR) is 88.1 cm³/mol. The number of ether oxygens (including phenoxy) is 2. The van der Waals surface area contributed by atoms with Gasteiger partial charge in [-0.2, -0.15) is 0 Å². The fraction of sp³-hybridized carbons (Fsp3) is 0.118. The molecule has 0 fully saturated rings. The zero-order chi connectivity index (χ0) is 16.4. The van der Waals surface area contributed by atoms with Crippen molar-refractivity contribution in [3.05, 3.63) is 47.2 Å². The first-order valence-electron chi connectivity index (χ1n) is 6.85. The van der Waals surface area contributed by atoms with E-state index in [1.54, 1.807) is 31.4 Å². The van der Waals surface area contributed by atoms with Crippen LogP contribution in [0.5, 0.6) is 11.5 Å². The number of methoxy groups -OCH3 is 1. The molecule has 6 heteroatoms. The monoisotopic (exact) mass is 327 g/mol. The van der Waals surface area contributed by atoms with Gasteiger partial charge < -0.3 is 13.9 Å². The summed E-state index contributed by atoms with van der Waals surface area (Å²) in [5.74, 6) is 1.09. The number of esters is 1. The average Bonchev–Trinajstić information content (AvgIpc) is 2.54. The van der Waals surface area contributed by atoms with E-state index in [2.05, 4.69) is 4.98 Å². The van der Waals surface area contributed by atoms with Crippen molar-refractivity contribution in [2.75, 3.05) is 7.11 Å². The summed E-state index contributed by atoms with van der Waals surface area (Å²) in [6.07, 6.45) is 0. The van der Waals surface area contributed by atoms with Crippen molar-refractivity contribution < 1.29 is 18.7 Å². The molecule has 0 unspecified atom stereocenters. The molecule has 0 spiro atoms. The van der Waals surface area contributed by atoms with Crippen molar-refractivity contribution in [3.63, 3.8) is 0 Å². The second-order valence-corrected chi connectivity index (χ2v) is 5.15. The first kappa shape index (κ1) is 15.2. The molecule has 3 aromatic rings. The molecule has 1 aromatic heterocycles. The van der Waals surface area contributed by atoms with Crippen LogP contribution < -0.4 is 9.47 Å². The minimum absolute atomic E-state index is 0.341. The molecule has 0 aliphatic carbocycles. The van der Waals surface area contributed by atoms with Crippen LogP contribution in [0.2, 0.25) is 0 Å². The average molecular weight is 327 g/mol. The SMILES string of the molecule is COc1cccc2c(=S)oc(-c3ccc(OC(C)=O)cc3)nc12. The number of carbonyl (C=O) groups is 1. The van der Waals surface area contributed by atoms with Gasteiger partial charge in [0.25, 0.3) is 0 Å². The molecule has 0 amide bonds. The van der Waals surface area contributed by atoms with E-state index in [-0.39, 0.29) is 5.97 Å². The maximum Gasteiger partial charge on any atom is 0.308 e. The molecule has 0 saturated carbocycles. The van der Waals surface area contributed by atoms with Crippen LogP contribution in [0, 0.1) is 4.71 Å². The van der Waals surface area contributed by atoms with Gasteiger partial charge in [0, 0.05) is 12.5 Å². The van der Waals surface area contributed by atoms with E-state index in [4.69, 9.17) is 26.1 Å². The van der Waals surface area contributed by atoms with Crippen LogP contribution in [0.25, 0.3) is 22.4 Å². The van der Waals surface area contributed by atoms with Crippen LogP contribution >= 0.6 is 12.2 Å². The topological polar surface area (TPSA) is 61.6 Å². The number of aromatic nitrogens is 1. The Balaban J connectivity index is 2.09. The molecule has 2 aromatic carbocycles. The fourth-order valence-corrected chi connectivity index (χ4v) is 2.43. The van der Waals surface area contributed by atoms with E-state index in [0.717, 1.165) is 10.9 Å². The highest BCUT2D eigenvalue weighted by Gasteiger charge is 2.10. The largest absolute Gasteiger partial charge is 0.494 e. The van der Waals surface area contributed by atoms with Crippen molar-refractivity contribution in [1.29, 1.82) is 0 Å². The number of fused-ring (bicyclic) bond motifs is 1. The Morgan fingerprint density at radius 2 is 1.91 bits per heavy atom. The first-order valence-corrected chi connectivity index (χ1v) is 7.26. The lowest BCUT2D eigenvalue weighted by Gasteiger charge is -2.07. The van der Waals surface area contributed by atoms with Crippen LogP contribution in [-0.4, -0.2) is 18.1 Å². The van der Waals surface area contributed by atoms with E-state index >= 15 is 0 Å². The number of para-hydroxylation sites is 1. The Labute approximate surface area is 137 Å². The second-order valence-electron chi connectivity index (χ2n) is 4.78. The number of rotatable bonds is 3. The molecule has 0 bridgehead atoms. The summed E-state index contributed by atoms with van der Waals surface area (Å²) in [4.78, 5) is 15.5. The Morgan fingerprint density at radius 3 is 2.57 bits per heavy atom. The highest BCUT2D eigenvalue weighted by Crippen LogP contribution is 2.29. The van der Waals surface area contributed by atoms with Crippen LogP contribution in [0.15, 0.2) is 46.9 Å². The third kappa shape index (κ3) is 3.07. The molecule has 0 radical (unpaired) electrons. The highest BCUT2D eigenvalue weighted by atomic mass is 32.1. The zero-order valence-electron chi connectivity index (χ0n) is 12.5. The Bertz CT molecular complexity index is 931. The summed E-state index contributed by atoms with van der Waals surface area (Å²) in [5, 5.41) is 0.722. The smallest absolute Gasteiger partial charge is 0.308 e. The van der Waals surface area contributed by atoms with Gasteiger partial charge in [-0.25, -0.2) is 4.98 Å². The van der Waals surface area contributed by atoms with Crippen molar-refractivity contribution in [2.24, 2.45) is 0 Å². The summed E-state index contributed by atoms with van der Waals surface area (Å²) in [6.45, 7) is 1.35. The van der Waals surface area contributed by atoms with E-state index in [1.807, 2.05) is 18.2 Å². The zero-order valence-corrected chi connectivity index (χ0v) is 13.3. The third-order valence-electron chi connectivity index (χ3n) is 3.20. The Hall–Kier alpha value is -2.73. The Kier molecular flexibility index (Phi) is 4.08. The van der Waals surface area contributed by atoms with E-state index < -0.39 is 0 Å². The minimum Gasteiger partial charge on any atom is -0.494 e.